The molecule has 7 nitrogen and oxygen atoms in total. The number of amides is 1. The van der Waals surface area contributed by atoms with Gasteiger partial charge in [0.25, 0.3) is 5.56 Å². The maximum atomic E-state index is 12.7. The highest BCUT2D eigenvalue weighted by Gasteiger charge is 2.10. The maximum Gasteiger partial charge on any atom is 0.331 e. The molecular formula is C24H27N3O4. The van der Waals surface area contributed by atoms with Crippen molar-refractivity contribution in [2.45, 2.75) is 39.4 Å². The molecule has 0 atom stereocenters. The number of benzene rings is 2. The first-order chi connectivity index (χ1) is 15.1. The standard InChI is InChI=1S/C24H27N3O4/c1-2-3-14-31-21-11-7-10-20(15-21)16-25-22(28)18-27-23(29)12-13-26(24(27)30)17-19-8-5-4-6-9-19/h4-13,15H,2-3,14,16-18H2,1H3,(H,25,28). The third-order valence-corrected chi connectivity index (χ3v) is 4.79. The van der Waals surface area contributed by atoms with E-state index in [1.165, 1.54) is 16.8 Å². The number of nitrogens with one attached hydrogen (secondary N) is 1. The fourth-order valence-corrected chi connectivity index (χ4v) is 3.08. The molecule has 0 fully saturated rings. The molecule has 1 amide bonds. The van der Waals surface area contributed by atoms with E-state index >= 15 is 0 Å². The second-order valence-corrected chi connectivity index (χ2v) is 7.26. The van der Waals surface area contributed by atoms with Crippen LogP contribution in [0.15, 0.2) is 76.4 Å². The predicted octanol–water partition coefficient (Wildman–Crippen LogP) is 2.55. The minimum absolute atomic E-state index is 0.281. The van der Waals surface area contributed by atoms with Crippen LogP contribution in [-0.2, 0) is 24.4 Å². The summed E-state index contributed by atoms with van der Waals surface area (Å²) in [4.78, 5) is 37.3. The Labute approximate surface area is 180 Å². The number of carbonyl (C=O) groups is 1. The topological polar surface area (TPSA) is 82.3 Å². The largest absolute Gasteiger partial charge is 0.494 e. The summed E-state index contributed by atoms with van der Waals surface area (Å²) < 4.78 is 8.05. The van der Waals surface area contributed by atoms with Crippen LogP contribution in [0.5, 0.6) is 5.75 Å². The smallest absolute Gasteiger partial charge is 0.331 e. The fourth-order valence-electron chi connectivity index (χ4n) is 3.08. The molecule has 1 aromatic heterocycles. The Morgan fingerprint density at radius 3 is 2.55 bits per heavy atom. The molecule has 1 N–H and O–H groups in total. The number of nitrogens with zero attached hydrogens (tertiary/aromatic N) is 2. The molecule has 162 valence electrons. The van der Waals surface area contributed by atoms with E-state index in [4.69, 9.17) is 4.74 Å². The fraction of sp³-hybridized carbons (Fsp3) is 0.292. The molecule has 3 rings (SSSR count). The van der Waals surface area contributed by atoms with Crippen LogP contribution in [0.1, 0.15) is 30.9 Å². The second kappa shape index (κ2) is 11.0. The molecule has 1 heterocycles. The summed E-state index contributed by atoms with van der Waals surface area (Å²) in [7, 11) is 0. The first-order valence-corrected chi connectivity index (χ1v) is 10.4. The Morgan fingerprint density at radius 2 is 1.77 bits per heavy atom. The quantitative estimate of drug-likeness (QED) is 0.510. The summed E-state index contributed by atoms with van der Waals surface area (Å²) in [6, 6.07) is 18.3. The number of carbonyl (C=O) groups excluding carboxylic acids is 1. The SMILES string of the molecule is CCCCOc1cccc(CNC(=O)Cn2c(=O)ccn(Cc3ccccc3)c2=O)c1. The molecule has 0 aliphatic rings. The summed E-state index contributed by atoms with van der Waals surface area (Å²) in [5.41, 5.74) is 0.790. The van der Waals surface area contributed by atoms with Gasteiger partial charge in [-0.3, -0.25) is 18.7 Å². The van der Waals surface area contributed by atoms with E-state index in [2.05, 4.69) is 12.2 Å². The zero-order valence-corrected chi connectivity index (χ0v) is 17.6. The van der Waals surface area contributed by atoms with Crippen LogP contribution in [0.25, 0.3) is 0 Å². The van der Waals surface area contributed by atoms with Gasteiger partial charge in [0.1, 0.15) is 12.3 Å². The van der Waals surface area contributed by atoms with Gasteiger partial charge in [-0.25, -0.2) is 4.79 Å². The normalized spacial score (nSPS) is 10.6. The second-order valence-electron chi connectivity index (χ2n) is 7.26. The van der Waals surface area contributed by atoms with Crippen molar-refractivity contribution < 1.29 is 9.53 Å². The van der Waals surface area contributed by atoms with Gasteiger partial charge in [-0.05, 0) is 29.7 Å². The summed E-state index contributed by atoms with van der Waals surface area (Å²) in [5.74, 6) is 0.345. The molecule has 0 bridgehead atoms. The first-order valence-electron chi connectivity index (χ1n) is 10.4. The van der Waals surface area contributed by atoms with E-state index in [0.29, 0.717) is 13.2 Å². The predicted molar refractivity (Wildman–Crippen MR) is 119 cm³/mol. The molecule has 0 spiro atoms. The van der Waals surface area contributed by atoms with E-state index in [1.54, 1.807) is 0 Å². The Balaban J connectivity index is 1.63. The van der Waals surface area contributed by atoms with Crippen LogP contribution in [0.3, 0.4) is 0 Å². The van der Waals surface area contributed by atoms with E-state index in [1.807, 2.05) is 54.6 Å². The maximum absolute atomic E-state index is 12.7. The molecular weight excluding hydrogens is 394 g/mol. The Bertz CT molecular complexity index is 1120. The molecule has 0 aliphatic heterocycles. The highest BCUT2D eigenvalue weighted by Crippen LogP contribution is 2.13. The van der Waals surface area contributed by atoms with Crippen LogP contribution in [0.4, 0.5) is 0 Å². The molecule has 2 aromatic carbocycles. The average Bonchev–Trinajstić information content (AvgIpc) is 2.78. The Morgan fingerprint density at radius 1 is 1.00 bits per heavy atom. The van der Waals surface area contributed by atoms with Gasteiger partial charge in [-0.2, -0.15) is 0 Å². The highest BCUT2D eigenvalue weighted by molar-refractivity contribution is 5.75. The van der Waals surface area contributed by atoms with E-state index in [0.717, 1.165) is 34.3 Å². The third-order valence-electron chi connectivity index (χ3n) is 4.79. The van der Waals surface area contributed by atoms with Crippen molar-refractivity contribution >= 4 is 5.91 Å². The van der Waals surface area contributed by atoms with Crippen molar-refractivity contribution in [2.75, 3.05) is 6.61 Å². The summed E-state index contributed by atoms with van der Waals surface area (Å²) in [6.45, 7) is 3.03. The number of aromatic nitrogens is 2. The lowest BCUT2D eigenvalue weighted by Gasteiger charge is -2.11. The zero-order valence-electron chi connectivity index (χ0n) is 17.6. The van der Waals surface area contributed by atoms with Gasteiger partial charge in [0.15, 0.2) is 0 Å². The van der Waals surface area contributed by atoms with Crippen LogP contribution in [0, 0.1) is 0 Å². The number of rotatable bonds is 10. The Hall–Kier alpha value is -3.61. The van der Waals surface area contributed by atoms with Gasteiger partial charge in [-0.1, -0.05) is 55.8 Å². The summed E-state index contributed by atoms with van der Waals surface area (Å²) in [5, 5.41) is 2.76. The van der Waals surface area contributed by atoms with Gasteiger partial charge < -0.3 is 10.1 Å². The van der Waals surface area contributed by atoms with Crippen LogP contribution < -0.4 is 21.3 Å². The van der Waals surface area contributed by atoms with Gasteiger partial charge in [-0.15, -0.1) is 0 Å². The molecule has 0 radical (unpaired) electrons. The van der Waals surface area contributed by atoms with Crippen molar-refractivity contribution in [2.24, 2.45) is 0 Å². The van der Waals surface area contributed by atoms with E-state index in [-0.39, 0.29) is 13.1 Å². The van der Waals surface area contributed by atoms with Gasteiger partial charge >= 0.3 is 5.69 Å². The lowest BCUT2D eigenvalue weighted by molar-refractivity contribution is -0.121. The minimum Gasteiger partial charge on any atom is -0.494 e. The molecule has 7 heteroatoms. The summed E-state index contributed by atoms with van der Waals surface area (Å²) >= 11 is 0. The Kier molecular flexibility index (Phi) is 7.81. The van der Waals surface area contributed by atoms with Crippen LogP contribution in [0.2, 0.25) is 0 Å². The molecule has 0 aliphatic carbocycles. The van der Waals surface area contributed by atoms with E-state index in [9.17, 15) is 14.4 Å². The number of hydrogen-bond donors (Lipinski definition) is 1. The van der Waals surface area contributed by atoms with Crippen molar-refractivity contribution in [3.63, 3.8) is 0 Å². The van der Waals surface area contributed by atoms with Gasteiger partial charge in [0, 0.05) is 18.8 Å². The zero-order chi connectivity index (χ0) is 22.1. The lowest BCUT2D eigenvalue weighted by atomic mass is 10.2. The van der Waals surface area contributed by atoms with Crippen LogP contribution in [-0.4, -0.2) is 21.6 Å². The van der Waals surface area contributed by atoms with Crippen molar-refractivity contribution in [3.8, 4) is 5.75 Å². The molecule has 0 saturated heterocycles. The van der Waals surface area contributed by atoms with Gasteiger partial charge in [0.05, 0.1) is 13.2 Å². The highest BCUT2D eigenvalue weighted by atomic mass is 16.5. The van der Waals surface area contributed by atoms with Crippen molar-refractivity contribution in [3.05, 3.63) is 98.8 Å². The summed E-state index contributed by atoms with van der Waals surface area (Å²) in [6.07, 6.45) is 3.49. The monoisotopic (exact) mass is 421 g/mol. The number of hydrogen-bond acceptors (Lipinski definition) is 4. The molecule has 3 aromatic rings. The van der Waals surface area contributed by atoms with Gasteiger partial charge in [0.2, 0.25) is 5.91 Å². The van der Waals surface area contributed by atoms with Crippen LogP contribution >= 0.6 is 0 Å². The lowest BCUT2D eigenvalue weighted by Crippen LogP contribution is -2.43. The average molecular weight is 421 g/mol. The minimum atomic E-state index is -0.516. The molecule has 31 heavy (non-hydrogen) atoms. The molecule has 0 saturated carbocycles. The third kappa shape index (κ3) is 6.44. The first kappa shape index (κ1) is 22.1. The van der Waals surface area contributed by atoms with Crippen molar-refractivity contribution in [1.29, 1.82) is 0 Å². The van der Waals surface area contributed by atoms with Crippen molar-refractivity contribution in [1.82, 2.24) is 14.5 Å². The number of unbranched alkanes of at least 4 members (excludes halogenated alkanes) is 1. The van der Waals surface area contributed by atoms with E-state index < -0.39 is 17.2 Å². The molecule has 0 unspecified atom stereocenters. The number of ether oxygens (including phenoxy) is 1.